The first-order valence-corrected chi connectivity index (χ1v) is 8.77. The second-order valence-corrected chi connectivity index (χ2v) is 6.69. The van der Waals surface area contributed by atoms with Gasteiger partial charge in [-0.3, -0.25) is 0 Å². The number of nitrogens with one attached hydrogen (secondary N) is 1. The summed E-state index contributed by atoms with van der Waals surface area (Å²) >= 11 is 0. The van der Waals surface area contributed by atoms with E-state index in [-0.39, 0.29) is 12.1 Å². The van der Waals surface area contributed by atoms with E-state index in [1.54, 1.807) is 19.6 Å². The molecule has 0 radical (unpaired) electrons. The van der Waals surface area contributed by atoms with Gasteiger partial charge >= 0.3 is 0 Å². The van der Waals surface area contributed by atoms with Gasteiger partial charge in [-0.1, -0.05) is 0 Å². The minimum absolute atomic E-state index is 0.193. The van der Waals surface area contributed by atoms with Crippen LogP contribution in [0.15, 0.2) is 30.9 Å². The van der Waals surface area contributed by atoms with Crippen molar-refractivity contribution in [3.63, 3.8) is 0 Å². The molecule has 8 heteroatoms. The summed E-state index contributed by atoms with van der Waals surface area (Å²) in [5.74, 6) is 1.78. The summed E-state index contributed by atoms with van der Waals surface area (Å²) in [6, 6.07) is 4.32. The quantitative estimate of drug-likeness (QED) is 0.749. The number of hydrogen-bond acceptors (Lipinski definition) is 7. The molecule has 0 saturated carbocycles. The molecular formula is C18H23N7O. The van der Waals surface area contributed by atoms with Crippen molar-refractivity contribution in [2.75, 3.05) is 30.4 Å². The first-order chi connectivity index (χ1) is 12.6. The second kappa shape index (κ2) is 6.87. The Labute approximate surface area is 152 Å². The number of aryl methyl sites for hydroxylation is 2. The molecule has 1 aliphatic rings. The lowest BCUT2D eigenvalue weighted by Gasteiger charge is -2.26. The van der Waals surface area contributed by atoms with Crippen LogP contribution in [0.5, 0.6) is 0 Å². The lowest BCUT2D eigenvalue weighted by atomic mass is 10.2. The highest BCUT2D eigenvalue weighted by Crippen LogP contribution is 2.26. The van der Waals surface area contributed by atoms with Crippen LogP contribution in [0.25, 0.3) is 5.52 Å². The van der Waals surface area contributed by atoms with Crippen molar-refractivity contribution in [3.8, 4) is 0 Å². The fourth-order valence-corrected chi connectivity index (χ4v) is 3.51. The molecule has 8 nitrogen and oxygen atoms in total. The number of fused-ring (bicyclic) bond motifs is 1. The van der Waals surface area contributed by atoms with Crippen molar-refractivity contribution in [3.05, 3.63) is 42.2 Å². The maximum absolute atomic E-state index is 5.61. The fourth-order valence-electron chi connectivity index (χ4n) is 3.51. The van der Waals surface area contributed by atoms with E-state index in [9.17, 15) is 0 Å². The monoisotopic (exact) mass is 353 g/mol. The van der Waals surface area contributed by atoms with Crippen LogP contribution in [0, 0.1) is 13.8 Å². The van der Waals surface area contributed by atoms with Crippen LogP contribution in [0.3, 0.4) is 0 Å². The van der Waals surface area contributed by atoms with Crippen molar-refractivity contribution in [1.29, 1.82) is 0 Å². The number of nitrogens with zero attached hydrogens (tertiary/aromatic N) is 6. The molecule has 3 aromatic heterocycles. The molecule has 136 valence electrons. The molecule has 1 N–H and O–H groups in total. The maximum Gasteiger partial charge on any atom is 0.152 e. The minimum Gasteiger partial charge on any atom is -0.380 e. The van der Waals surface area contributed by atoms with Crippen molar-refractivity contribution < 1.29 is 4.74 Å². The Kier molecular flexibility index (Phi) is 4.42. The predicted molar refractivity (Wildman–Crippen MR) is 99.5 cm³/mol. The Morgan fingerprint density at radius 1 is 1.19 bits per heavy atom. The van der Waals surface area contributed by atoms with Gasteiger partial charge in [-0.2, -0.15) is 5.10 Å². The molecule has 2 atom stereocenters. The molecule has 1 saturated heterocycles. The Morgan fingerprint density at radius 2 is 2.08 bits per heavy atom. The second-order valence-electron chi connectivity index (χ2n) is 6.69. The van der Waals surface area contributed by atoms with Gasteiger partial charge < -0.3 is 15.0 Å². The standard InChI is InChI=1S/C18H23N7O/c1-12-7-17(22-11-21-12)24-10-15(26-3)8-14(24)9-20-18-16-6-13(2)23-25(16)5-4-19-18/h4-7,11,14-15H,8-10H2,1-3H3,(H,19,20)/t14-,15-/m0/s1. The third-order valence-corrected chi connectivity index (χ3v) is 4.81. The molecule has 0 spiro atoms. The first kappa shape index (κ1) is 16.7. The number of aromatic nitrogens is 5. The van der Waals surface area contributed by atoms with Gasteiger partial charge in [0.1, 0.15) is 17.7 Å². The van der Waals surface area contributed by atoms with E-state index in [1.165, 1.54) is 0 Å². The minimum atomic E-state index is 0.193. The number of ether oxygens (including phenoxy) is 1. The Hall–Kier alpha value is -2.74. The molecule has 0 amide bonds. The van der Waals surface area contributed by atoms with Gasteiger partial charge in [0.05, 0.1) is 17.8 Å². The average Bonchev–Trinajstić information content (AvgIpc) is 3.22. The van der Waals surface area contributed by atoms with Crippen LogP contribution in [-0.4, -0.2) is 56.9 Å². The van der Waals surface area contributed by atoms with E-state index in [4.69, 9.17) is 4.74 Å². The maximum atomic E-state index is 5.61. The van der Waals surface area contributed by atoms with Gasteiger partial charge in [0.2, 0.25) is 0 Å². The Bertz CT molecular complexity index is 909. The van der Waals surface area contributed by atoms with Crippen molar-refractivity contribution in [2.45, 2.75) is 32.4 Å². The third kappa shape index (κ3) is 3.20. The third-order valence-electron chi connectivity index (χ3n) is 4.81. The summed E-state index contributed by atoms with van der Waals surface area (Å²) in [6.45, 7) is 5.54. The van der Waals surface area contributed by atoms with E-state index >= 15 is 0 Å². The summed E-state index contributed by atoms with van der Waals surface area (Å²) in [5.41, 5.74) is 2.92. The Balaban J connectivity index is 1.55. The van der Waals surface area contributed by atoms with E-state index in [0.717, 1.165) is 48.1 Å². The van der Waals surface area contributed by atoms with Gasteiger partial charge in [-0.25, -0.2) is 19.5 Å². The summed E-state index contributed by atoms with van der Waals surface area (Å²) < 4.78 is 7.46. The SMILES string of the molecule is CO[C@H]1C[C@@H](CNc2nccn3nc(C)cc23)N(c2cc(C)ncn2)C1. The van der Waals surface area contributed by atoms with Crippen molar-refractivity contribution >= 4 is 17.2 Å². The fraction of sp³-hybridized carbons (Fsp3) is 0.444. The zero-order valence-electron chi connectivity index (χ0n) is 15.3. The molecule has 0 aromatic carbocycles. The van der Waals surface area contributed by atoms with Crippen LogP contribution in [0.2, 0.25) is 0 Å². The van der Waals surface area contributed by atoms with Crippen LogP contribution >= 0.6 is 0 Å². The average molecular weight is 353 g/mol. The summed E-state index contributed by atoms with van der Waals surface area (Å²) in [6.07, 6.45) is 6.37. The normalized spacial score (nSPS) is 20.0. The summed E-state index contributed by atoms with van der Waals surface area (Å²) in [7, 11) is 1.77. The predicted octanol–water partition coefficient (Wildman–Crippen LogP) is 1.84. The molecule has 4 heterocycles. The lowest BCUT2D eigenvalue weighted by molar-refractivity contribution is 0.118. The molecule has 0 aliphatic carbocycles. The van der Waals surface area contributed by atoms with Gasteiger partial charge in [0.15, 0.2) is 5.82 Å². The van der Waals surface area contributed by atoms with Gasteiger partial charge in [-0.05, 0) is 26.3 Å². The molecule has 1 aliphatic heterocycles. The lowest BCUT2D eigenvalue weighted by Crippen LogP contribution is -2.36. The van der Waals surface area contributed by atoms with E-state index in [1.807, 2.05) is 36.7 Å². The van der Waals surface area contributed by atoms with Crippen LogP contribution in [-0.2, 0) is 4.74 Å². The topological polar surface area (TPSA) is 80.5 Å². The summed E-state index contributed by atoms with van der Waals surface area (Å²) in [5, 5.41) is 7.93. The van der Waals surface area contributed by atoms with E-state index in [2.05, 4.69) is 30.3 Å². The molecule has 0 bridgehead atoms. The molecule has 4 rings (SSSR count). The number of rotatable bonds is 5. The molecular weight excluding hydrogens is 330 g/mol. The molecule has 1 fully saturated rings. The van der Waals surface area contributed by atoms with E-state index < -0.39 is 0 Å². The van der Waals surface area contributed by atoms with Crippen molar-refractivity contribution in [1.82, 2.24) is 24.6 Å². The van der Waals surface area contributed by atoms with Crippen molar-refractivity contribution in [2.24, 2.45) is 0 Å². The first-order valence-electron chi connectivity index (χ1n) is 8.77. The van der Waals surface area contributed by atoms with Crippen LogP contribution < -0.4 is 10.2 Å². The zero-order valence-corrected chi connectivity index (χ0v) is 15.3. The highest BCUT2D eigenvalue weighted by Gasteiger charge is 2.33. The molecule has 0 unspecified atom stereocenters. The largest absolute Gasteiger partial charge is 0.380 e. The number of hydrogen-bond donors (Lipinski definition) is 1. The highest BCUT2D eigenvalue weighted by molar-refractivity contribution is 5.67. The van der Waals surface area contributed by atoms with Gasteiger partial charge in [-0.15, -0.1) is 0 Å². The number of methoxy groups -OCH3 is 1. The zero-order chi connectivity index (χ0) is 18.1. The summed E-state index contributed by atoms with van der Waals surface area (Å²) in [4.78, 5) is 15.4. The molecule has 26 heavy (non-hydrogen) atoms. The highest BCUT2D eigenvalue weighted by atomic mass is 16.5. The van der Waals surface area contributed by atoms with Gasteiger partial charge in [0.25, 0.3) is 0 Å². The van der Waals surface area contributed by atoms with E-state index in [0.29, 0.717) is 0 Å². The molecule has 3 aromatic rings. The van der Waals surface area contributed by atoms with Crippen LogP contribution in [0.4, 0.5) is 11.6 Å². The Morgan fingerprint density at radius 3 is 2.88 bits per heavy atom. The smallest absolute Gasteiger partial charge is 0.152 e. The number of anilines is 2. The van der Waals surface area contributed by atoms with Gasteiger partial charge in [0, 0.05) is 44.4 Å². The van der Waals surface area contributed by atoms with Crippen LogP contribution in [0.1, 0.15) is 17.8 Å².